The summed E-state index contributed by atoms with van der Waals surface area (Å²) in [6.07, 6.45) is 0. The number of benzene rings is 2. The molecule has 1 heterocycles. The Morgan fingerprint density at radius 3 is 2.65 bits per heavy atom. The zero-order chi connectivity index (χ0) is 14.3. The zero-order valence-electron chi connectivity index (χ0n) is 10.5. The predicted octanol–water partition coefficient (Wildman–Crippen LogP) is 2.02. The molecule has 0 saturated heterocycles. The van der Waals surface area contributed by atoms with Gasteiger partial charge in [0, 0.05) is 17.5 Å². The van der Waals surface area contributed by atoms with Crippen molar-refractivity contribution in [2.45, 2.75) is 0 Å². The fourth-order valence-electron chi connectivity index (χ4n) is 2.19. The Kier molecular flexibility index (Phi) is 2.64. The fraction of sp³-hybridized carbons (Fsp3) is 0.0714. The molecule has 2 aliphatic rings. The van der Waals surface area contributed by atoms with E-state index in [-0.39, 0.29) is 17.1 Å². The second-order valence-corrected chi connectivity index (χ2v) is 4.26. The number of nitrogens with zero attached hydrogens (tertiary/aromatic N) is 1. The first-order valence-corrected chi connectivity index (χ1v) is 5.81. The first kappa shape index (κ1) is 12.2. The molecule has 1 aliphatic heterocycles. The van der Waals surface area contributed by atoms with Gasteiger partial charge in [-0.1, -0.05) is 6.07 Å². The molecule has 0 amide bonds. The third-order valence-electron chi connectivity index (χ3n) is 3.11. The maximum Gasteiger partial charge on any atom is 0.282 e. The molecule has 20 heavy (non-hydrogen) atoms. The molecule has 102 valence electrons. The minimum absolute atomic E-state index is 0.0681. The van der Waals surface area contributed by atoms with Crippen molar-refractivity contribution in [3.05, 3.63) is 52.2 Å². The molecule has 3 rings (SSSR count). The lowest BCUT2D eigenvalue weighted by Gasteiger charge is -2.12. The van der Waals surface area contributed by atoms with Crippen molar-refractivity contribution in [2.75, 3.05) is 7.11 Å². The Hall–Kier alpha value is -2.89. The van der Waals surface area contributed by atoms with Gasteiger partial charge in [-0.05, 0) is 23.6 Å². The van der Waals surface area contributed by atoms with Crippen LogP contribution in [0.25, 0.3) is 22.1 Å². The van der Waals surface area contributed by atoms with E-state index < -0.39 is 4.90 Å². The average molecular weight is 272 g/mol. The van der Waals surface area contributed by atoms with Crippen LogP contribution in [0.4, 0.5) is 0 Å². The van der Waals surface area contributed by atoms with E-state index in [4.69, 9.17) is 9.15 Å². The number of fused-ring (bicyclic) bond motifs is 3. The highest BCUT2D eigenvalue weighted by Crippen LogP contribution is 2.32. The van der Waals surface area contributed by atoms with Gasteiger partial charge in [0.1, 0.15) is 5.75 Å². The van der Waals surface area contributed by atoms with Crippen LogP contribution in [-0.2, 0) is 0 Å². The van der Waals surface area contributed by atoms with Crippen LogP contribution in [0.2, 0.25) is 0 Å². The molecule has 0 saturated carbocycles. The summed E-state index contributed by atoms with van der Waals surface area (Å²) in [5, 5.41) is 33.0. The minimum atomic E-state index is -0.474. The van der Waals surface area contributed by atoms with Crippen molar-refractivity contribution in [1.82, 2.24) is 4.90 Å². The minimum Gasteiger partial charge on any atom is -0.612 e. The van der Waals surface area contributed by atoms with Crippen molar-refractivity contribution in [2.24, 2.45) is 0 Å². The normalized spacial score (nSPS) is 10.8. The molecular formula is C14H10NO5-. The van der Waals surface area contributed by atoms with Crippen LogP contribution in [-0.4, -0.2) is 12.2 Å². The Morgan fingerprint density at radius 2 is 1.95 bits per heavy atom. The number of aromatic hydroxyl groups is 1. The molecule has 0 spiro atoms. The molecular weight excluding hydrogens is 262 g/mol. The number of ether oxygens (including phenoxy) is 1. The molecule has 6 nitrogen and oxygen atoms in total. The van der Waals surface area contributed by atoms with Crippen LogP contribution in [0.3, 0.4) is 0 Å². The highest BCUT2D eigenvalue weighted by Gasteiger charge is 2.17. The van der Waals surface area contributed by atoms with Gasteiger partial charge in [-0.15, -0.1) is 0 Å². The van der Waals surface area contributed by atoms with Crippen LogP contribution < -0.4 is 15.0 Å². The van der Waals surface area contributed by atoms with Gasteiger partial charge in [-0.25, -0.2) is 0 Å². The van der Waals surface area contributed by atoms with E-state index in [1.165, 1.54) is 25.3 Å². The summed E-state index contributed by atoms with van der Waals surface area (Å²) >= 11 is 0. The standard InChI is InChI=1S/C14H10NO5/c1-19-9-3-2-8-6-12(15(17)18)10-4-5-13(16)20-14(10)11(8)7-9/h2-7H,1H3,(H-,16,17,18)/q-1. The number of methoxy groups -OCH3 is 1. The van der Waals surface area contributed by atoms with Crippen LogP contribution >= 0.6 is 0 Å². The summed E-state index contributed by atoms with van der Waals surface area (Å²) < 4.78 is 10.4. The smallest absolute Gasteiger partial charge is 0.282 e. The zero-order valence-corrected chi connectivity index (χ0v) is 10.5. The van der Waals surface area contributed by atoms with Crippen molar-refractivity contribution in [1.29, 1.82) is 0 Å². The van der Waals surface area contributed by atoms with E-state index in [0.29, 0.717) is 22.1 Å². The maximum atomic E-state index is 11.1. The Morgan fingerprint density at radius 1 is 1.15 bits per heavy atom. The average Bonchev–Trinajstić information content (AvgIpc) is 2.45. The van der Waals surface area contributed by atoms with Crippen LogP contribution in [0, 0.1) is 10.4 Å². The second-order valence-electron chi connectivity index (χ2n) is 4.26. The molecule has 6 heteroatoms. The molecule has 1 aromatic carbocycles. The van der Waals surface area contributed by atoms with Crippen LogP contribution in [0.15, 0.2) is 40.8 Å². The van der Waals surface area contributed by atoms with Gasteiger partial charge in [0.25, 0.3) is 5.95 Å². The van der Waals surface area contributed by atoms with E-state index in [1.54, 1.807) is 18.2 Å². The highest BCUT2D eigenvalue weighted by molar-refractivity contribution is 5.96. The third kappa shape index (κ3) is 1.78. The highest BCUT2D eigenvalue weighted by atomic mass is 16.8. The van der Waals surface area contributed by atoms with Crippen LogP contribution in [0.5, 0.6) is 11.7 Å². The SMILES string of the molecule is COc1ccc2cc(=[N+]([O-])[O-])c3ccc(O)oc-3c2c1. The quantitative estimate of drug-likeness (QED) is 0.540. The fourth-order valence-corrected chi connectivity index (χ4v) is 2.19. The largest absolute Gasteiger partial charge is 0.612 e. The lowest BCUT2D eigenvalue weighted by molar-refractivity contribution is 0.329. The van der Waals surface area contributed by atoms with Gasteiger partial charge in [0.15, 0.2) is 5.76 Å². The number of hydrogen-bond acceptors (Lipinski definition) is 5. The summed E-state index contributed by atoms with van der Waals surface area (Å²) in [5.41, 5.74) is 0.327. The molecule has 0 fully saturated rings. The Bertz CT molecular complexity index is 833. The van der Waals surface area contributed by atoms with Gasteiger partial charge in [0.05, 0.1) is 12.7 Å². The van der Waals surface area contributed by atoms with E-state index in [2.05, 4.69) is 0 Å². The lowest BCUT2D eigenvalue weighted by atomic mass is 10.0. The number of rotatable bonds is 1. The van der Waals surface area contributed by atoms with E-state index >= 15 is 0 Å². The van der Waals surface area contributed by atoms with E-state index in [9.17, 15) is 15.5 Å². The Labute approximate surface area is 113 Å². The third-order valence-corrected chi connectivity index (χ3v) is 3.11. The summed E-state index contributed by atoms with van der Waals surface area (Å²) in [5.74, 6) is 0.557. The predicted molar refractivity (Wildman–Crippen MR) is 73.1 cm³/mol. The van der Waals surface area contributed by atoms with Crippen molar-refractivity contribution in [3.63, 3.8) is 0 Å². The molecule has 0 atom stereocenters. The van der Waals surface area contributed by atoms with Crippen LogP contribution in [0.1, 0.15) is 0 Å². The van der Waals surface area contributed by atoms with Gasteiger partial charge in [0.2, 0.25) is 5.36 Å². The summed E-state index contributed by atoms with van der Waals surface area (Å²) in [7, 11) is 1.53. The topological polar surface area (TPSA) is 91.7 Å². The lowest BCUT2D eigenvalue weighted by Crippen LogP contribution is -2.21. The molecule has 0 radical (unpaired) electrons. The van der Waals surface area contributed by atoms with Gasteiger partial charge in [-0.3, -0.25) is 0 Å². The number of hydrogen-bond donors (Lipinski definition) is 1. The van der Waals surface area contributed by atoms with E-state index in [1.807, 2.05) is 0 Å². The monoisotopic (exact) mass is 272 g/mol. The first-order chi connectivity index (χ1) is 9.60. The van der Waals surface area contributed by atoms with Gasteiger partial charge in [-0.2, -0.15) is 4.90 Å². The Balaban J connectivity index is 2.55. The maximum absolute atomic E-state index is 11.1. The molecule has 1 aliphatic carbocycles. The van der Waals surface area contributed by atoms with Gasteiger partial charge >= 0.3 is 0 Å². The summed E-state index contributed by atoms with van der Waals surface area (Å²) in [6, 6.07) is 9.35. The molecule has 1 aromatic rings. The van der Waals surface area contributed by atoms with E-state index in [0.717, 1.165) is 0 Å². The summed E-state index contributed by atoms with van der Waals surface area (Å²) in [4.78, 5) is -0.474. The molecule has 0 bridgehead atoms. The molecule has 0 aromatic heterocycles. The summed E-state index contributed by atoms with van der Waals surface area (Å²) in [6.45, 7) is 0. The van der Waals surface area contributed by atoms with Crippen molar-refractivity contribution < 1.29 is 14.3 Å². The second kappa shape index (κ2) is 4.34. The first-order valence-electron chi connectivity index (χ1n) is 5.81. The van der Waals surface area contributed by atoms with Crippen molar-refractivity contribution in [3.8, 4) is 23.0 Å². The van der Waals surface area contributed by atoms with Gasteiger partial charge < -0.3 is 24.7 Å². The molecule has 1 N–H and O–H groups in total. The van der Waals surface area contributed by atoms with Crippen molar-refractivity contribution >= 4 is 10.8 Å². The molecule has 0 unspecified atom stereocenters.